The summed E-state index contributed by atoms with van der Waals surface area (Å²) in [6.45, 7) is 6.53. The largest absolute Gasteiger partial charge is 0.352 e. The van der Waals surface area contributed by atoms with Crippen molar-refractivity contribution in [3.05, 3.63) is 70.8 Å². The number of nitrogens with one attached hydrogen (secondary N) is 1. The van der Waals surface area contributed by atoms with Crippen molar-refractivity contribution in [2.75, 3.05) is 0 Å². The maximum atomic E-state index is 13.4. The van der Waals surface area contributed by atoms with Crippen LogP contribution >= 0.6 is 0 Å². The number of rotatable bonds is 8. The van der Waals surface area contributed by atoms with Crippen molar-refractivity contribution in [3.8, 4) is 0 Å². The van der Waals surface area contributed by atoms with Gasteiger partial charge in [0.25, 0.3) is 0 Å². The zero-order valence-electron chi connectivity index (χ0n) is 19.2. The first-order valence-electron chi connectivity index (χ1n) is 11.7. The Kier molecular flexibility index (Phi) is 8.27. The van der Waals surface area contributed by atoms with Gasteiger partial charge in [0.2, 0.25) is 11.8 Å². The molecule has 0 bridgehead atoms. The second-order valence-electron chi connectivity index (χ2n) is 8.94. The predicted molar refractivity (Wildman–Crippen MR) is 126 cm³/mol. The molecule has 3 rings (SSSR count). The smallest absolute Gasteiger partial charge is 0.243 e. The van der Waals surface area contributed by atoms with Crippen LogP contribution in [0.1, 0.15) is 67.7 Å². The molecule has 166 valence electrons. The molecule has 0 spiro atoms. The Hall–Kier alpha value is -2.62. The van der Waals surface area contributed by atoms with Crippen LogP contribution in [0.5, 0.6) is 0 Å². The van der Waals surface area contributed by atoms with Gasteiger partial charge in [0.15, 0.2) is 0 Å². The second-order valence-corrected chi connectivity index (χ2v) is 8.94. The van der Waals surface area contributed by atoms with E-state index in [1.807, 2.05) is 50.2 Å². The van der Waals surface area contributed by atoms with Gasteiger partial charge in [-0.05, 0) is 44.2 Å². The van der Waals surface area contributed by atoms with Crippen LogP contribution in [0.2, 0.25) is 0 Å². The molecule has 31 heavy (non-hydrogen) atoms. The summed E-state index contributed by atoms with van der Waals surface area (Å²) >= 11 is 0. The van der Waals surface area contributed by atoms with Gasteiger partial charge >= 0.3 is 0 Å². The molecule has 1 atom stereocenters. The number of hydrogen-bond donors (Lipinski definition) is 1. The fourth-order valence-electron chi connectivity index (χ4n) is 4.34. The third-order valence-corrected chi connectivity index (χ3v) is 6.29. The molecular weight excluding hydrogens is 384 g/mol. The van der Waals surface area contributed by atoms with Gasteiger partial charge < -0.3 is 10.2 Å². The Morgan fingerprint density at radius 2 is 1.45 bits per heavy atom. The lowest BCUT2D eigenvalue weighted by Crippen LogP contribution is -2.51. The molecule has 1 fully saturated rings. The summed E-state index contributed by atoms with van der Waals surface area (Å²) in [5.41, 5.74) is 4.38. The van der Waals surface area contributed by atoms with Crippen LogP contribution < -0.4 is 5.32 Å². The van der Waals surface area contributed by atoms with Gasteiger partial charge in [-0.25, -0.2) is 0 Å². The summed E-state index contributed by atoms with van der Waals surface area (Å²) in [5.74, 6) is -0.0196. The zero-order valence-corrected chi connectivity index (χ0v) is 19.2. The molecule has 0 aromatic heterocycles. The number of hydrogen-bond acceptors (Lipinski definition) is 2. The number of carbonyl (C=O) groups is 2. The molecule has 1 saturated carbocycles. The molecule has 0 radical (unpaired) electrons. The first kappa shape index (κ1) is 23.1. The Bertz CT molecular complexity index is 852. The Morgan fingerprint density at radius 1 is 0.903 bits per heavy atom. The summed E-state index contributed by atoms with van der Waals surface area (Å²) < 4.78 is 0. The first-order valence-corrected chi connectivity index (χ1v) is 11.7. The Labute approximate surface area is 187 Å². The van der Waals surface area contributed by atoms with E-state index >= 15 is 0 Å². The Morgan fingerprint density at radius 3 is 2.00 bits per heavy atom. The van der Waals surface area contributed by atoms with Crippen LogP contribution in [0.3, 0.4) is 0 Å². The molecule has 0 unspecified atom stereocenters. The van der Waals surface area contributed by atoms with Crippen molar-refractivity contribution in [3.63, 3.8) is 0 Å². The van der Waals surface area contributed by atoms with Crippen LogP contribution in [0.4, 0.5) is 0 Å². The predicted octanol–water partition coefficient (Wildman–Crippen LogP) is 5.10. The summed E-state index contributed by atoms with van der Waals surface area (Å²) in [4.78, 5) is 28.4. The monoisotopic (exact) mass is 420 g/mol. The van der Waals surface area contributed by atoms with Crippen LogP contribution in [-0.2, 0) is 22.6 Å². The highest BCUT2D eigenvalue weighted by atomic mass is 16.2. The van der Waals surface area contributed by atoms with Crippen LogP contribution in [0.15, 0.2) is 48.5 Å². The summed E-state index contributed by atoms with van der Waals surface area (Å²) in [7, 11) is 0. The van der Waals surface area contributed by atoms with E-state index in [0.717, 1.165) is 24.0 Å². The standard InChI is InChI=1S/C27H36N2O2/c1-4-25(27(31)28-24-8-6-5-7-9-24)29(19-23-16-12-21(3)13-17-23)26(30)18-22-14-10-20(2)11-15-22/h10-17,24-25H,4-9,18-19H2,1-3H3,(H,28,31)/t25-/m0/s1. The molecule has 1 aliphatic rings. The molecule has 2 amide bonds. The second kappa shape index (κ2) is 11.1. The lowest BCUT2D eigenvalue weighted by atomic mass is 9.95. The minimum absolute atomic E-state index is 0.00456. The highest BCUT2D eigenvalue weighted by Gasteiger charge is 2.30. The molecule has 1 aliphatic carbocycles. The van der Waals surface area contributed by atoms with Crippen molar-refractivity contribution in [1.82, 2.24) is 10.2 Å². The molecule has 1 N–H and O–H groups in total. The third-order valence-electron chi connectivity index (χ3n) is 6.29. The van der Waals surface area contributed by atoms with Crippen molar-refractivity contribution in [1.29, 1.82) is 0 Å². The lowest BCUT2D eigenvalue weighted by Gasteiger charge is -2.33. The average Bonchev–Trinajstić information content (AvgIpc) is 2.77. The molecule has 0 heterocycles. The highest BCUT2D eigenvalue weighted by molar-refractivity contribution is 5.88. The van der Waals surface area contributed by atoms with Crippen LogP contribution in [-0.4, -0.2) is 28.8 Å². The number of amides is 2. The zero-order chi connectivity index (χ0) is 22.2. The van der Waals surface area contributed by atoms with Gasteiger partial charge in [-0.15, -0.1) is 0 Å². The highest BCUT2D eigenvalue weighted by Crippen LogP contribution is 2.20. The molecule has 0 aliphatic heterocycles. The lowest BCUT2D eigenvalue weighted by molar-refractivity contribution is -0.141. The summed E-state index contributed by atoms with van der Waals surface area (Å²) in [5, 5.41) is 3.24. The van der Waals surface area contributed by atoms with Crippen molar-refractivity contribution in [2.24, 2.45) is 0 Å². The SMILES string of the molecule is CC[C@@H](C(=O)NC1CCCCC1)N(Cc1ccc(C)cc1)C(=O)Cc1ccc(C)cc1. The fourth-order valence-corrected chi connectivity index (χ4v) is 4.34. The van der Waals surface area contributed by atoms with Gasteiger partial charge in [-0.2, -0.15) is 0 Å². The van der Waals surface area contributed by atoms with Gasteiger partial charge in [-0.3, -0.25) is 9.59 Å². The van der Waals surface area contributed by atoms with Crippen LogP contribution in [0.25, 0.3) is 0 Å². The quantitative estimate of drug-likeness (QED) is 0.646. The van der Waals surface area contributed by atoms with E-state index in [0.29, 0.717) is 19.4 Å². The van der Waals surface area contributed by atoms with Crippen molar-refractivity contribution >= 4 is 11.8 Å². The van der Waals surface area contributed by atoms with E-state index in [2.05, 4.69) is 24.4 Å². The molecule has 4 heteroatoms. The molecule has 0 saturated heterocycles. The molecular formula is C27H36N2O2. The molecule has 2 aromatic rings. The van der Waals surface area contributed by atoms with Crippen LogP contribution in [0, 0.1) is 13.8 Å². The van der Waals surface area contributed by atoms with E-state index in [4.69, 9.17) is 0 Å². The minimum Gasteiger partial charge on any atom is -0.352 e. The maximum absolute atomic E-state index is 13.4. The molecule has 4 nitrogen and oxygen atoms in total. The molecule has 2 aromatic carbocycles. The van der Waals surface area contributed by atoms with E-state index in [-0.39, 0.29) is 17.9 Å². The van der Waals surface area contributed by atoms with Gasteiger partial charge in [-0.1, -0.05) is 85.8 Å². The first-order chi connectivity index (χ1) is 15.0. The van der Waals surface area contributed by atoms with Crippen molar-refractivity contribution in [2.45, 2.75) is 84.3 Å². The number of nitrogens with zero attached hydrogens (tertiary/aromatic N) is 1. The summed E-state index contributed by atoms with van der Waals surface area (Å²) in [6, 6.07) is 16.0. The number of aryl methyl sites for hydroxylation is 2. The average molecular weight is 421 g/mol. The fraction of sp³-hybridized carbons (Fsp3) is 0.481. The van der Waals surface area contributed by atoms with Gasteiger partial charge in [0.1, 0.15) is 6.04 Å². The van der Waals surface area contributed by atoms with E-state index < -0.39 is 6.04 Å². The maximum Gasteiger partial charge on any atom is 0.243 e. The van der Waals surface area contributed by atoms with E-state index in [9.17, 15) is 9.59 Å². The van der Waals surface area contributed by atoms with E-state index in [1.165, 1.54) is 30.4 Å². The third kappa shape index (κ3) is 6.68. The van der Waals surface area contributed by atoms with Gasteiger partial charge in [0.05, 0.1) is 6.42 Å². The Balaban J connectivity index is 1.79. The topological polar surface area (TPSA) is 49.4 Å². The number of benzene rings is 2. The normalized spacial score (nSPS) is 15.3. The number of carbonyl (C=O) groups excluding carboxylic acids is 2. The summed E-state index contributed by atoms with van der Waals surface area (Å²) in [6.07, 6.45) is 6.57. The van der Waals surface area contributed by atoms with Crippen molar-refractivity contribution < 1.29 is 9.59 Å². The minimum atomic E-state index is -0.457. The van der Waals surface area contributed by atoms with E-state index in [1.54, 1.807) is 4.90 Å². The van der Waals surface area contributed by atoms with Gasteiger partial charge in [0, 0.05) is 12.6 Å².